The summed E-state index contributed by atoms with van der Waals surface area (Å²) in [4.78, 5) is 24.5. The molecule has 0 heterocycles. The average Bonchev–Trinajstić information content (AvgIpc) is 2.92. The number of rotatable bonds is 19. The standard InChI is InChI=1S/C32H43F2NO6/c1-3-4-5-6-7-8-9-10-11-12-13-14-15-16-17-18-19-20-29(38)40-25(2)41-31(39)32(35,30(33)34)24-26-21-22-27(36)28(37)23-26/h4-5,7-8,10-11,13-14,16-17,21-23,25,30,36-37H,3,6,9,12,15,18-20,24,35H2,1-2H3/b5-4-,8-7-,11-10-,14-13-,17-16-/t25?,32-/m1/s1. The largest absolute Gasteiger partial charge is 0.504 e. The third-order valence-electron chi connectivity index (χ3n) is 5.79. The van der Waals surface area contributed by atoms with Crippen LogP contribution in [0.3, 0.4) is 0 Å². The number of alkyl halides is 2. The Hall–Kier alpha value is -3.72. The molecule has 0 aliphatic carbocycles. The van der Waals surface area contributed by atoms with Gasteiger partial charge < -0.3 is 25.4 Å². The smallest absolute Gasteiger partial charge is 0.335 e. The average molecular weight is 576 g/mol. The van der Waals surface area contributed by atoms with Gasteiger partial charge in [0, 0.05) is 19.8 Å². The van der Waals surface area contributed by atoms with Crippen LogP contribution in [0.15, 0.2) is 79.0 Å². The molecule has 1 unspecified atom stereocenters. The second-order valence-corrected chi connectivity index (χ2v) is 9.40. The van der Waals surface area contributed by atoms with E-state index in [0.29, 0.717) is 12.8 Å². The van der Waals surface area contributed by atoms with E-state index in [1.54, 1.807) is 0 Å². The summed E-state index contributed by atoms with van der Waals surface area (Å²) < 4.78 is 37.3. The van der Waals surface area contributed by atoms with Gasteiger partial charge in [0.05, 0.1) is 0 Å². The highest BCUT2D eigenvalue weighted by Crippen LogP contribution is 2.28. The lowest BCUT2D eigenvalue weighted by atomic mass is 9.92. The van der Waals surface area contributed by atoms with Crippen molar-refractivity contribution in [2.45, 2.75) is 89.9 Å². The number of halogens is 2. The van der Waals surface area contributed by atoms with E-state index in [0.717, 1.165) is 44.2 Å². The minimum atomic E-state index is -3.31. The Morgan fingerprint density at radius 2 is 1.41 bits per heavy atom. The molecule has 0 saturated carbocycles. The summed E-state index contributed by atoms with van der Waals surface area (Å²) in [7, 11) is 0. The first-order valence-electron chi connectivity index (χ1n) is 13.8. The second-order valence-electron chi connectivity index (χ2n) is 9.40. The van der Waals surface area contributed by atoms with E-state index in [2.05, 4.69) is 55.5 Å². The van der Waals surface area contributed by atoms with Crippen LogP contribution in [-0.2, 0) is 25.5 Å². The van der Waals surface area contributed by atoms with Crippen molar-refractivity contribution >= 4 is 11.9 Å². The molecule has 1 aromatic carbocycles. The van der Waals surface area contributed by atoms with Gasteiger partial charge in [-0.1, -0.05) is 73.8 Å². The molecule has 0 aliphatic heterocycles. The molecule has 7 nitrogen and oxygen atoms in total. The Morgan fingerprint density at radius 1 is 0.878 bits per heavy atom. The SMILES string of the molecule is CC/C=C\C/C=C\C/C=C\C/C=C\C/C=C\CCCC(=O)OC(C)OC(=O)[C@@](N)(Cc1ccc(O)c(O)c1)C(F)F. The van der Waals surface area contributed by atoms with Crippen LogP contribution in [0.1, 0.15) is 70.8 Å². The number of hydrogen-bond acceptors (Lipinski definition) is 7. The first-order chi connectivity index (χ1) is 19.6. The molecule has 41 heavy (non-hydrogen) atoms. The van der Waals surface area contributed by atoms with Crippen LogP contribution in [0.25, 0.3) is 0 Å². The van der Waals surface area contributed by atoms with Crippen LogP contribution in [0.4, 0.5) is 8.78 Å². The van der Waals surface area contributed by atoms with Crippen LogP contribution < -0.4 is 5.73 Å². The van der Waals surface area contributed by atoms with Crippen molar-refractivity contribution in [1.82, 2.24) is 0 Å². The number of phenols is 2. The third kappa shape index (κ3) is 15.0. The number of benzene rings is 1. The monoisotopic (exact) mass is 575 g/mol. The highest BCUT2D eigenvalue weighted by Gasteiger charge is 2.46. The minimum Gasteiger partial charge on any atom is -0.504 e. The van der Waals surface area contributed by atoms with Gasteiger partial charge in [-0.05, 0) is 62.6 Å². The molecule has 0 amide bonds. The molecule has 9 heteroatoms. The van der Waals surface area contributed by atoms with Gasteiger partial charge in [0.1, 0.15) is 0 Å². The van der Waals surface area contributed by atoms with Gasteiger partial charge in [-0.2, -0.15) is 0 Å². The molecule has 0 aliphatic rings. The van der Waals surface area contributed by atoms with Crippen molar-refractivity contribution < 1.29 is 38.1 Å². The molecular formula is C32H43F2NO6. The number of ether oxygens (including phenoxy) is 2. The molecule has 0 saturated heterocycles. The number of esters is 2. The molecule has 226 valence electrons. The number of carbonyl (C=O) groups excluding carboxylic acids is 2. The van der Waals surface area contributed by atoms with E-state index < -0.39 is 48.1 Å². The van der Waals surface area contributed by atoms with Crippen LogP contribution in [-0.4, -0.2) is 40.4 Å². The summed E-state index contributed by atoms with van der Waals surface area (Å²) in [6.45, 7) is 3.35. The van der Waals surface area contributed by atoms with E-state index in [9.17, 15) is 28.6 Å². The van der Waals surface area contributed by atoms with Gasteiger partial charge in [0.15, 0.2) is 17.0 Å². The van der Waals surface area contributed by atoms with Crippen LogP contribution in [0, 0.1) is 0 Å². The zero-order valence-electron chi connectivity index (χ0n) is 23.9. The lowest BCUT2D eigenvalue weighted by molar-refractivity contribution is -0.192. The number of unbranched alkanes of at least 4 members (excludes halogenated alkanes) is 1. The molecule has 0 spiro atoms. The number of allylic oxidation sites excluding steroid dienone is 10. The van der Waals surface area contributed by atoms with Gasteiger partial charge in [-0.15, -0.1) is 0 Å². The van der Waals surface area contributed by atoms with Gasteiger partial charge in [0.25, 0.3) is 6.43 Å². The normalized spacial score (nSPS) is 14.6. The molecule has 2 atom stereocenters. The zero-order valence-corrected chi connectivity index (χ0v) is 23.9. The first kappa shape index (κ1) is 35.3. The maximum Gasteiger partial charge on any atom is 0.335 e. The second kappa shape index (κ2) is 20.2. The first-order valence-corrected chi connectivity index (χ1v) is 13.8. The number of hydrogen-bond donors (Lipinski definition) is 3. The lowest BCUT2D eigenvalue weighted by Gasteiger charge is -2.28. The molecule has 0 fully saturated rings. The molecule has 0 bridgehead atoms. The Morgan fingerprint density at radius 3 is 1.93 bits per heavy atom. The summed E-state index contributed by atoms with van der Waals surface area (Å²) in [6, 6.07) is 3.35. The number of phenolic OH excluding ortho intramolecular Hbond substituents is 2. The maximum atomic E-state index is 13.7. The molecule has 1 rings (SSSR count). The third-order valence-corrected chi connectivity index (χ3v) is 5.79. The van der Waals surface area contributed by atoms with E-state index in [1.165, 1.54) is 13.0 Å². The Labute approximate surface area is 241 Å². The topological polar surface area (TPSA) is 119 Å². The van der Waals surface area contributed by atoms with E-state index in [-0.39, 0.29) is 12.0 Å². The van der Waals surface area contributed by atoms with E-state index in [4.69, 9.17) is 15.2 Å². The number of nitrogens with two attached hydrogens (primary N) is 1. The molecule has 0 radical (unpaired) electrons. The quantitative estimate of drug-likeness (QED) is 0.0536. The lowest BCUT2D eigenvalue weighted by Crippen LogP contribution is -2.57. The summed E-state index contributed by atoms with van der Waals surface area (Å²) in [6.07, 6.45) is 21.4. The molecular weight excluding hydrogens is 532 g/mol. The number of aromatic hydroxyl groups is 2. The summed E-state index contributed by atoms with van der Waals surface area (Å²) in [5, 5.41) is 18.9. The predicted molar refractivity (Wildman–Crippen MR) is 156 cm³/mol. The predicted octanol–water partition coefficient (Wildman–Crippen LogP) is 6.96. The van der Waals surface area contributed by atoms with Crippen LogP contribution in [0.2, 0.25) is 0 Å². The zero-order chi connectivity index (χ0) is 30.5. The van der Waals surface area contributed by atoms with Crippen molar-refractivity contribution in [3.8, 4) is 11.5 Å². The van der Waals surface area contributed by atoms with Crippen molar-refractivity contribution in [2.75, 3.05) is 0 Å². The summed E-state index contributed by atoms with van der Waals surface area (Å²) >= 11 is 0. The fraction of sp³-hybridized carbons (Fsp3) is 0.438. The maximum absolute atomic E-state index is 13.7. The van der Waals surface area contributed by atoms with Crippen molar-refractivity contribution in [2.24, 2.45) is 5.73 Å². The van der Waals surface area contributed by atoms with Crippen molar-refractivity contribution in [3.63, 3.8) is 0 Å². The van der Waals surface area contributed by atoms with Crippen molar-refractivity contribution in [3.05, 3.63) is 84.5 Å². The fourth-order valence-corrected chi connectivity index (χ4v) is 3.52. The van der Waals surface area contributed by atoms with Crippen LogP contribution >= 0.6 is 0 Å². The summed E-state index contributed by atoms with van der Waals surface area (Å²) in [5.41, 5.74) is 3.00. The highest BCUT2D eigenvalue weighted by molar-refractivity contribution is 5.82. The van der Waals surface area contributed by atoms with Gasteiger partial charge in [-0.3, -0.25) is 4.79 Å². The highest BCUT2D eigenvalue weighted by atomic mass is 19.3. The summed E-state index contributed by atoms with van der Waals surface area (Å²) in [5.74, 6) is -3.09. The number of carbonyl (C=O) groups is 2. The van der Waals surface area contributed by atoms with Gasteiger partial charge >= 0.3 is 11.9 Å². The van der Waals surface area contributed by atoms with Gasteiger partial charge in [0.2, 0.25) is 6.29 Å². The fourth-order valence-electron chi connectivity index (χ4n) is 3.52. The van der Waals surface area contributed by atoms with E-state index >= 15 is 0 Å². The molecule has 1 aromatic rings. The van der Waals surface area contributed by atoms with E-state index in [1.807, 2.05) is 12.2 Å². The van der Waals surface area contributed by atoms with Crippen LogP contribution in [0.5, 0.6) is 11.5 Å². The molecule has 4 N–H and O–H groups in total. The minimum absolute atomic E-state index is 0.0611. The Balaban J connectivity index is 2.29. The Kier molecular flexibility index (Phi) is 17.4. The Bertz CT molecular complexity index is 1080. The van der Waals surface area contributed by atoms with Gasteiger partial charge in [-0.25, -0.2) is 13.6 Å². The molecule has 0 aromatic heterocycles. The van der Waals surface area contributed by atoms with Crippen molar-refractivity contribution in [1.29, 1.82) is 0 Å².